The van der Waals surface area contributed by atoms with Crippen LogP contribution in [0.3, 0.4) is 0 Å². The van der Waals surface area contributed by atoms with Crippen molar-refractivity contribution in [1.29, 1.82) is 0 Å². The number of carbonyl (C=O) groups excluding carboxylic acids is 2. The lowest BCUT2D eigenvalue weighted by Gasteiger charge is -2.13. The fourth-order valence-electron chi connectivity index (χ4n) is 1.85. The first-order valence-corrected chi connectivity index (χ1v) is 10.9. The average molecular weight is 654 g/mol. The molecule has 2 aromatic carbocycles. The molecule has 0 fully saturated rings. The van der Waals surface area contributed by atoms with E-state index in [9.17, 15) is 31.9 Å². The normalized spacial score (nSPS) is 11.8. The maximum atomic E-state index is 13.1. The van der Waals surface area contributed by atoms with Crippen LogP contribution in [-0.4, -0.2) is 41.9 Å². The number of hydrogen-bond acceptors (Lipinski definition) is 7. The van der Waals surface area contributed by atoms with Crippen molar-refractivity contribution in [3.05, 3.63) is 54.7 Å². The van der Waals surface area contributed by atoms with Gasteiger partial charge in [-0.2, -0.15) is 17.2 Å². The van der Waals surface area contributed by atoms with Crippen LogP contribution in [0.25, 0.3) is 0 Å². The predicted octanol–water partition coefficient (Wildman–Crippen LogP) is 3.46. The number of halogens is 4. The van der Waals surface area contributed by atoms with Crippen molar-refractivity contribution in [2.24, 2.45) is 0 Å². The summed E-state index contributed by atoms with van der Waals surface area (Å²) < 4.78 is 65.9. The predicted molar refractivity (Wildman–Crippen MR) is 112 cm³/mol. The zero-order valence-corrected chi connectivity index (χ0v) is 19.1. The van der Waals surface area contributed by atoms with Crippen molar-refractivity contribution in [2.45, 2.75) is 5.25 Å². The number of alkyl halides is 2. The second-order valence-electron chi connectivity index (χ2n) is 5.39. The van der Waals surface area contributed by atoms with E-state index >= 15 is 0 Å². The van der Waals surface area contributed by atoms with Gasteiger partial charge in [0.25, 0.3) is 0 Å². The maximum Gasteiger partial charge on any atom is 0.402 e. The molecule has 13 heteroatoms. The first kappa shape index (κ1) is 23.7. The van der Waals surface area contributed by atoms with Gasteiger partial charge in [0.15, 0.2) is 6.61 Å². The number of hydrogen-bond donors (Lipinski definition) is 2. The van der Waals surface area contributed by atoms with Crippen LogP contribution in [0.15, 0.2) is 36.4 Å². The van der Waals surface area contributed by atoms with Gasteiger partial charge in [-0.05, 0) is 81.6 Å². The van der Waals surface area contributed by atoms with Gasteiger partial charge in [0.2, 0.25) is 0 Å². The highest BCUT2D eigenvalue weighted by Gasteiger charge is 2.45. The topological polar surface area (TPSA) is 127 Å². The SMILES string of the molecule is O=C(OCC(F)(F)S(=O)(=O)O)c1ccc(OC(=O)c2cc(I)cc(I)c2O)cc1. The van der Waals surface area contributed by atoms with Crippen LogP contribution < -0.4 is 4.74 Å². The van der Waals surface area contributed by atoms with Gasteiger partial charge in [-0.15, -0.1) is 0 Å². The third-order valence-electron chi connectivity index (χ3n) is 3.30. The molecule has 0 bridgehead atoms. The molecule has 0 amide bonds. The van der Waals surface area contributed by atoms with Gasteiger partial charge in [-0.25, -0.2) is 9.59 Å². The van der Waals surface area contributed by atoms with Crippen molar-refractivity contribution in [2.75, 3.05) is 6.61 Å². The molecule has 156 valence electrons. The number of carbonyl (C=O) groups is 2. The lowest BCUT2D eigenvalue weighted by Crippen LogP contribution is -2.34. The van der Waals surface area contributed by atoms with Gasteiger partial charge >= 0.3 is 27.3 Å². The van der Waals surface area contributed by atoms with E-state index in [1.54, 1.807) is 6.07 Å². The standard InChI is InChI=1S/C16H10F2I2O8S/c17-16(18,29(24,25)26)7-27-14(22)8-1-3-10(4-2-8)28-15(23)11-5-9(19)6-12(20)13(11)21/h1-6,21H,7H2,(H,24,25,26). The Morgan fingerprint density at radius 2 is 1.66 bits per heavy atom. The zero-order valence-electron chi connectivity index (χ0n) is 13.9. The number of esters is 2. The van der Waals surface area contributed by atoms with Crippen LogP contribution in [0, 0.1) is 7.14 Å². The molecule has 0 saturated heterocycles. The van der Waals surface area contributed by atoms with E-state index < -0.39 is 33.9 Å². The largest absolute Gasteiger partial charge is 0.506 e. The summed E-state index contributed by atoms with van der Waals surface area (Å²) in [5.74, 6) is -2.41. The Bertz CT molecular complexity index is 1060. The molecule has 0 unspecified atom stereocenters. The van der Waals surface area contributed by atoms with E-state index in [0.717, 1.165) is 12.1 Å². The first-order chi connectivity index (χ1) is 13.3. The lowest BCUT2D eigenvalue weighted by atomic mass is 10.2. The number of benzene rings is 2. The smallest absolute Gasteiger partial charge is 0.402 e. The highest BCUT2D eigenvalue weighted by atomic mass is 127. The molecule has 0 aliphatic carbocycles. The highest BCUT2D eigenvalue weighted by Crippen LogP contribution is 2.28. The van der Waals surface area contributed by atoms with Crippen LogP contribution >= 0.6 is 45.2 Å². The molecule has 29 heavy (non-hydrogen) atoms. The number of phenolic OH excluding ortho intramolecular Hbond substituents is 1. The van der Waals surface area contributed by atoms with Crippen LogP contribution in [0.2, 0.25) is 0 Å². The summed E-state index contributed by atoms with van der Waals surface area (Å²) in [5.41, 5.74) is -0.306. The second kappa shape index (κ2) is 9.05. The van der Waals surface area contributed by atoms with Crippen LogP contribution in [0.5, 0.6) is 11.5 Å². The Morgan fingerprint density at radius 3 is 2.21 bits per heavy atom. The summed E-state index contributed by atoms with van der Waals surface area (Å²) in [4.78, 5) is 23.9. The third-order valence-corrected chi connectivity index (χ3v) is 5.62. The average Bonchev–Trinajstić information content (AvgIpc) is 2.62. The van der Waals surface area contributed by atoms with E-state index in [1.807, 2.05) is 45.2 Å². The summed E-state index contributed by atoms with van der Waals surface area (Å²) in [6, 6.07) is 7.60. The summed E-state index contributed by atoms with van der Waals surface area (Å²) in [6.45, 7) is -1.87. The quantitative estimate of drug-likeness (QED) is 0.210. The molecular formula is C16H10F2I2O8S. The summed E-state index contributed by atoms with van der Waals surface area (Å²) >= 11 is 3.81. The molecule has 0 saturated carbocycles. The molecule has 2 rings (SSSR count). The van der Waals surface area contributed by atoms with E-state index in [4.69, 9.17) is 9.29 Å². The van der Waals surface area contributed by atoms with Crippen LogP contribution in [0.1, 0.15) is 20.7 Å². The highest BCUT2D eigenvalue weighted by molar-refractivity contribution is 14.1. The van der Waals surface area contributed by atoms with Gasteiger partial charge in [-0.3, -0.25) is 4.55 Å². The van der Waals surface area contributed by atoms with Crippen LogP contribution in [0.4, 0.5) is 8.78 Å². The van der Waals surface area contributed by atoms with E-state index in [0.29, 0.717) is 7.14 Å². The number of rotatable bonds is 6. The number of aromatic hydroxyl groups is 1. The lowest BCUT2D eigenvalue weighted by molar-refractivity contribution is -0.00950. The van der Waals surface area contributed by atoms with E-state index in [2.05, 4.69) is 4.74 Å². The fraction of sp³-hybridized carbons (Fsp3) is 0.125. The zero-order chi connectivity index (χ0) is 22.0. The molecule has 2 aromatic rings. The van der Waals surface area contributed by atoms with Gasteiger partial charge in [-0.1, -0.05) is 0 Å². The Labute approximate surface area is 190 Å². The molecule has 0 atom stereocenters. The minimum Gasteiger partial charge on any atom is -0.506 e. The monoisotopic (exact) mass is 654 g/mol. The minimum atomic E-state index is -5.73. The van der Waals surface area contributed by atoms with Gasteiger partial charge < -0.3 is 14.6 Å². The summed E-state index contributed by atoms with van der Waals surface area (Å²) in [6.07, 6.45) is 0. The van der Waals surface area contributed by atoms with Crippen LogP contribution in [-0.2, 0) is 14.9 Å². The van der Waals surface area contributed by atoms with Gasteiger partial charge in [0.1, 0.15) is 17.1 Å². The minimum absolute atomic E-state index is 0.0110. The summed E-state index contributed by atoms with van der Waals surface area (Å²) in [7, 11) is -5.73. The van der Waals surface area contributed by atoms with Crippen molar-refractivity contribution in [3.63, 3.8) is 0 Å². The summed E-state index contributed by atoms with van der Waals surface area (Å²) in [5, 5.41) is 5.33. The number of ether oxygens (including phenoxy) is 2. The van der Waals surface area contributed by atoms with Crippen molar-refractivity contribution in [1.82, 2.24) is 0 Å². The van der Waals surface area contributed by atoms with Gasteiger partial charge in [0, 0.05) is 3.57 Å². The molecule has 2 N–H and O–H groups in total. The molecular weight excluding hydrogens is 644 g/mol. The first-order valence-electron chi connectivity index (χ1n) is 7.34. The van der Waals surface area contributed by atoms with Crippen molar-refractivity contribution < 1.29 is 45.9 Å². The Morgan fingerprint density at radius 1 is 1.07 bits per heavy atom. The Hall–Kier alpha value is -1.59. The number of phenols is 1. The van der Waals surface area contributed by atoms with Crippen molar-refractivity contribution in [3.8, 4) is 11.5 Å². The van der Waals surface area contributed by atoms with Gasteiger partial charge in [0.05, 0.1) is 9.13 Å². The maximum absolute atomic E-state index is 13.1. The molecule has 0 aromatic heterocycles. The molecule has 0 radical (unpaired) electrons. The third kappa shape index (κ3) is 5.95. The molecule has 0 aliphatic heterocycles. The Kier molecular flexibility index (Phi) is 7.39. The molecule has 0 spiro atoms. The second-order valence-corrected chi connectivity index (χ2v) is 9.34. The van der Waals surface area contributed by atoms with Crippen molar-refractivity contribution >= 4 is 67.2 Å². The van der Waals surface area contributed by atoms with E-state index in [1.165, 1.54) is 18.2 Å². The molecule has 8 nitrogen and oxygen atoms in total. The Balaban J connectivity index is 2.07. The molecule has 0 heterocycles. The molecule has 0 aliphatic rings. The fourth-order valence-corrected chi connectivity index (χ4v) is 3.90. The van der Waals surface area contributed by atoms with E-state index in [-0.39, 0.29) is 22.6 Å².